The second kappa shape index (κ2) is 5.92. The fourth-order valence-corrected chi connectivity index (χ4v) is 4.08. The lowest BCUT2D eigenvalue weighted by molar-refractivity contribution is 0.244. The Morgan fingerprint density at radius 1 is 0.739 bits per heavy atom. The van der Waals surface area contributed by atoms with E-state index in [1.54, 1.807) is 0 Å². The third kappa shape index (κ3) is 3.36. The molecule has 2 nitrogen and oxygen atoms in total. The Morgan fingerprint density at radius 2 is 1.26 bits per heavy atom. The normalized spacial score (nSPS) is 19.4. The summed E-state index contributed by atoms with van der Waals surface area (Å²) in [7, 11) is 0. The van der Waals surface area contributed by atoms with Crippen molar-refractivity contribution in [1.82, 2.24) is 0 Å². The average molecular weight is 308 g/mol. The summed E-state index contributed by atoms with van der Waals surface area (Å²) < 4.78 is 0. The summed E-state index contributed by atoms with van der Waals surface area (Å²) in [6.45, 7) is 9.46. The summed E-state index contributed by atoms with van der Waals surface area (Å²) in [6.07, 6.45) is 3.81. The maximum absolute atomic E-state index is 3.46. The van der Waals surface area contributed by atoms with E-state index in [9.17, 15) is 0 Å². The molecule has 0 aromatic heterocycles. The molecule has 0 bridgehead atoms. The van der Waals surface area contributed by atoms with Crippen LogP contribution in [-0.2, 0) is 0 Å². The lowest BCUT2D eigenvalue weighted by Crippen LogP contribution is -2.58. The van der Waals surface area contributed by atoms with Gasteiger partial charge in [0, 0.05) is 28.1 Å². The third-order valence-corrected chi connectivity index (χ3v) is 4.98. The van der Waals surface area contributed by atoms with E-state index in [0.717, 1.165) is 11.4 Å². The Balaban J connectivity index is 1.83. The summed E-state index contributed by atoms with van der Waals surface area (Å²) in [6, 6.07) is 19.2. The van der Waals surface area contributed by atoms with Crippen LogP contribution in [0.4, 0.5) is 17.1 Å². The van der Waals surface area contributed by atoms with Crippen molar-refractivity contribution in [3.63, 3.8) is 0 Å². The highest BCUT2D eigenvalue weighted by molar-refractivity contribution is 5.64. The number of benzene rings is 2. The molecule has 0 unspecified atom stereocenters. The molecule has 1 aliphatic rings. The second-order valence-electron chi connectivity index (χ2n) is 7.85. The van der Waals surface area contributed by atoms with Gasteiger partial charge in [0.25, 0.3) is 0 Å². The zero-order valence-corrected chi connectivity index (χ0v) is 14.8. The second-order valence-corrected chi connectivity index (χ2v) is 7.85. The number of hydrogen-bond acceptors (Lipinski definition) is 2. The highest BCUT2D eigenvalue weighted by Crippen LogP contribution is 2.42. The van der Waals surface area contributed by atoms with E-state index in [2.05, 4.69) is 86.4 Å². The lowest BCUT2D eigenvalue weighted by atomic mass is 9.79. The maximum atomic E-state index is 3.46. The van der Waals surface area contributed by atoms with E-state index in [4.69, 9.17) is 0 Å². The van der Waals surface area contributed by atoms with Crippen molar-refractivity contribution < 1.29 is 0 Å². The van der Waals surface area contributed by atoms with E-state index < -0.39 is 0 Å². The van der Waals surface area contributed by atoms with Crippen LogP contribution >= 0.6 is 0 Å². The minimum absolute atomic E-state index is 0.204. The van der Waals surface area contributed by atoms with Gasteiger partial charge in [-0.15, -0.1) is 0 Å². The lowest BCUT2D eigenvalue weighted by Gasteiger charge is -2.54. The van der Waals surface area contributed by atoms with Crippen LogP contribution in [0.5, 0.6) is 0 Å². The van der Waals surface area contributed by atoms with E-state index in [1.807, 2.05) is 6.07 Å². The van der Waals surface area contributed by atoms with Gasteiger partial charge in [0.15, 0.2) is 0 Å². The largest absolute Gasteiger partial charge is 0.361 e. The zero-order valence-electron chi connectivity index (χ0n) is 14.8. The van der Waals surface area contributed by atoms with E-state index in [1.165, 1.54) is 24.9 Å². The van der Waals surface area contributed by atoms with Gasteiger partial charge in [-0.25, -0.2) is 0 Å². The van der Waals surface area contributed by atoms with Gasteiger partial charge in [0.05, 0.1) is 0 Å². The first-order valence-corrected chi connectivity index (χ1v) is 8.61. The SMILES string of the molecule is CC1(C)CCCC(C)(C)N1c1ccc(Nc2ccccc2)cc1. The average Bonchev–Trinajstić information content (AvgIpc) is 2.48. The highest BCUT2D eigenvalue weighted by atomic mass is 15.3. The van der Waals surface area contributed by atoms with Gasteiger partial charge in [-0.1, -0.05) is 18.2 Å². The minimum atomic E-state index is 0.204. The summed E-state index contributed by atoms with van der Waals surface area (Å²) in [5, 5.41) is 3.46. The Morgan fingerprint density at radius 3 is 1.83 bits per heavy atom. The first-order valence-electron chi connectivity index (χ1n) is 8.61. The zero-order chi connectivity index (χ0) is 16.5. The molecule has 0 atom stereocenters. The number of hydrogen-bond donors (Lipinski definition) is 1. The van der Waals surface area contributed by atoms with Crippen LogP contribution < -0.4 is 10.2 Å². The molecule has 0 radical (unpaired) electrons. The van der Waals surface area contributed by atoms with Crippen molar-refractivity contribution in [3.05, 3.63) is 54.6 Å². The molecule has 0 saturated carbocycles. The Labute approximate surface area is 140 Å². The molecule has 2 heteroatoms. The first-order chi connectivity index (χ1) is 10.9. The van der Waals surface area contributed by atoms with Crippen molar-refractivity contribution in [2.24, 2.45) is 0 Å². The molecule has 2 aromatic carbocycles. The topological polar surface area (TPSA) is 15.3 Å². The molecule has 1 fully saturated rings. The minimum Gasteiger partial charge on any atom is -0.361 e. The van der Waals surface area contributed by atoms with Crippen LogP contribution in [0.25, 0.3) is 0 Å². The van der Waals surface area contributed by atoms with Gasteiger partial charge in [0.2, 0.25) is 0 Å². The Bertz CT molecular complexity index is 625. The smallest absolute Gasteiger partial charge is 0.0385 e. The van der Waals surface area contributed by atoms with Gasteiger partial charge in [-0.05, 0) is 83.4 Å². The van der Waals surface area contributed by atoms with Crippen molar-refractivity contribution in [2.45, 2.75) is 58.0 Å². The van der Waals surface area contributed by atoms with Crippen molar-refractivity contribution in [3.8, 4) is 0 Å². The number of anilines is 3. The van der Waals surface area contributed by atoms with Crippen molar-refractivity contribution in [1.29, 1.82) is 0 Å². The first kappa shape index (κ1) is 15.9. The summed E-state index contributed by atoms with van der Waals surface area (Å²) >= 11 is 0. The van der Waals surface area contributed by atoms with Gasteiger partial charge >= 0.3 is 0 Å². The van der Waals surface area contributed by atoms with Crippen molar-refractivity contribution >= 4 is 17.1 Å². The number of piperidine rings is 1. The molecular formula is C21H28N2. The van der Waals surface area contributed by atoms with E-state index in [-0.39, 0.29) is 11.1 Å². The monoisotopic (exact) mass is 308 g/mol. The fraction of sp³-hybridized carbons (Fsp3) is 0.429. The van der Waals surface area contributed by atoms with Crippen LogP contribution in [0.3, 0.4) is 0 Å². The summed E-state index contributed by atoms with van der Waals surface area (Å²) in [5.74, 6) is 0. The highest BCUT2D eigenvalue weighted by Gasteiger charge is 2.41. The Hall–Kier alpha value is -1.96. The number of para-hydroxylation sites is 1. The maximum Gasteiger partial charge on any atom is 0.0385 e. The molecule has 23 heavy (non-hydrogen) atoms. The predicted octanol–water partition coefficient (Wildman–Crippen LogP) is 5.98. The molecule has 0 spiro atoms. The van der Waals surface area contributed by atoms with Crippen LogP contribution in [0, 0.1) is 0 Å². The fourth-order valence-electron chi connectivity index (χ4n) is 4.08. The van der Waals surface area contributed by atoms with Crippen LogP contribution in [0.15, 0.2) is 54.6 Å². The van der Waals surface area contributed by atoms with Gasteiger partial charge in [0.1, 0.15) is 0 Å². The van der Waals surface area contributed by atoms with Gasteiger partial charge in [-0.2, -0.15) is 0 Å². The van der Waals surface area contributed by atoms with E-state index in [0.29, 0.717) is 0 Å². The number of nitrogens with zero attached hydrogens (tertiary/aromatic N) is 1. The van der Waals surface area contributed by atoms with Crippen LogP contribution in [0.1, 0.15) is 47.0 Å². The predicted molar refractivity (Wildman–Crippen MR) is 101 cm³/mol. The molecule has 0 amide bonds. The molecule has 3 rings (SSSR count). The van der Waals surface area contributed by atoms with Crippen molar-refractivity contribution in [2.75, 3.05) is 10.2 Å². The Kier molecular flexibility index (Phi) is 4.09. The molecule has 1 N–H and O–H groups in total. The molecule has 1 heterocycles. The number of nitrogens with one attached hydrogen (secondary N) is 1. The van der Waals surface area contributed by atoms with Crippen LogP contribution in [-0.4, -0.2) is 11.1 Å². The van der Waals surface area contributed by atoms with Gasteiger partial charge in [-0.3, -0.25) is 0 Å². The summed E-state index contributed by atoms with van der Waals surface area (Å²) in [5.41, 5.74) is 3.98. The molecule has 122 valence electrons. The number of rotatable bonds is 3. The van der Waals surface area contributed by atoms with Crippen LogP contribution in [0.2, 0.25) is 0 Å². The third-order valence-electron chi connectivity index (χ3n) is 4.98. The molecule has 1 saturated heterocycles. The standard InChI is InChI=1S/C21H28N2/c1-20(2)15-8-16-21(3,4)23(20)19-13-11-18(12-14-19)22-17-9-6-5-7-10-17/h5-7,9-14,22H,8,15-16H2,1-4H3. The molecular weight excluding hydrogens is 280 g/mol. The van der Waals surface area contributed by atoms with Gasteiger partial charge < -0.3 is 10.2 Å². The molecule has 2 aromatic rings. The quantitative estimate of drug-likeness (QED) is 0.750. The molecule has 0 aliphatic carbocycles. The summed E-state index contributed by atoms with van der Waals surface area (Å²) in [4.78, 5) is 2.61. The molecule has 1 aliphatic heterocycles. The van der Waals surface area contributed by atoms with E-state index >= 15 is 0 Å².